The van der Waals surface area contributed by atoms with Crippen LogP contribution in [-0.2, 0) is 4.79 Å². The first-order valence-corrected chi connectivity index (χ1v) is 2.94. The van der Waals surface area contributed by atoms with Gasteiger partial charge in [-0.2, -0.15) is 0 Å². The Morgan fingerprint density at radius 3 is 2.80 bits per heavy atom. The van der Waals surface area contributed by atoms with E-state index in [0.717, 1.165) is 0 Å². The van der Waals surface area contributed by atoms with Gasteiger partial charge in [0.15, 0.2) is 0 Å². The second-order valence-corrected chi connectivity index (χ2v) is 2.08. The molecule has 1 heterocycles. The maximum absolute atomic E-state index is 10.5. The van der Waals surface area contributed by atoms with E-state index in [2.05, 4.69) is 10.6 Å². The van der Waals surface area contributed by atoms with E-state index in [1.807, 2.05) is 0 Å². The van der Waals surface area contributed by atoms with Gasteiger partial charge in [0.1, 0.15) is 0 Å². The van der Waals surface area contributed by atoms with Crippen LogP contribution in [0.5, 0.6) is 0 Å². The highest BCUT2D eigenvalue weighted by molar-refractivity contribution is 5.85. The number of carbonyl (C=O) groups is 1. The van der Waals surface area contributed by atoms with Crippen molar-refractivity contribution >= 4 is 18.3 Å². The summed E-state index contributed by atoms with van der Waals surface area (Å²) in [7, 11) is 0. The number of piperazine rings is 1. The number of halogens is 1. The zero-order valence-electron chi connectivity index (χ0n) is 5.46. The van der Waals surface area contributed by atoms with Gasteiger partial charge in [0, 0.05) is 6.54 Å². The Bertz CT molecular complexity index is 120. The molecule has 0 unspecified atom stereocenters. The van der Waals surface area contributed by atoms with E-state index in [-0.39, 0.29) is 31.0 Å². The standard InChI is InChI=1S/C5H10N2O2.ClH/c8-3-4-1-6-2-5(9)7-4;/h4,6,8H,1-3H2,(H,7,9);1H/t4-;/m1./s1. The second kappa shape index (κ2) is 4.49. The lowest BCUT2D eigenvalue weighted by Crippen LogP contribution is -2.53. The van der Waals surface area contributed by atoms with Crippen molar-refractivity contribution in [2.75, 3.05) is 19.7 Å². The molecule has 0 radical (unpaired) electrons. The zero-order chi connectivity index (χ0) is 6.69. The number of hydrogen-bond acceptors (Lipinski definition) is 3. The van der Waals surface area contributed by atoms with Gasteiger partial charge in [0.05, 0.1) is 19.2 Å². The van der Waals surface area contributed by atoms with Crippen molar-refractivity contribution in [3.05, 3.63) is 0 Å². The normalized spacial score (nSPS) is 24.9. The summed E-state index contributed by atoms with van der Waals surface area (Å²) in [5.41, 5.74) is 0. The van der Waals surface area contributed by atoms with Crippen LogP contribution in [0.25, 0.3) is 0 Å². The fourth-order valence-corrected chi connectivity index (χ4v) is 0.800. The minimum absolute atomic E-state index is 0. The Morgan fingerprint density at radius 2 is 2.40 bits per heavy atom. The van der Waals surface area contributed by atoms with E-state index < -0.39 is 0 Å². The first kappa shape index (κ1) is 9.68. The molecule has 0 spiro atoms. The maximum Gasteiger partial charge on any atom is 0.234 e. The summed E-state index contributed by atoms with van der Waals surface area (Å²) in [5.74, 6) is -0.0414. The molecule has 5 heteroatoms. The lowest BCUT2D eigenvalue weighted by atomic mass is 10.2. The van der Waals surface area contributed by atoms with Crippen LogP contribution in [0, 0.1) is 0 Å². The molecule has 1 aliphatic rings. The topological polar surface area (TPSA) is 61.4 Å². The van der Waals surface area contributed by atoms with Crippen molar-refractivity contribution in [2.24, 2.45) is 0 Å². The van der Waals surface area contributed by atoms with Gasteiger partial charge in [-0.1, -0.05) is 0 Å². The SMILES string of the molecule is Cl.O=C1CNC[C@H](CO)N1. The molecule has 0 aliphatic carbocycles. The van der Waals surface area contributed by atoms with Gasteiger partial charge in [-0.3, -0.25) is 4.79 Å². The predicted molar refractivity (Wildman–Crippen MR) is 39.1 cm³/mol. The third kappa shape index (κ3) is 2.51. The highest BCUT2D eigenvalue weighted by atomic mass is 35.5. The van der Waals surface area contributed by atoms with Crippen molar-refractivity contribution < 1.29 is 9.90 Å². The van der Waals surface area contributed by atoms with Gasteiger partial charge in [-0.05, 0) is 0 Å². The van der Waals surface area contributed by atoms with Crippen molar-refractivity contribution in [2.45, 2.75) is 6.04 Å². The average Bonchev–Trinajstić information content (AvgIpc) is 1.88. The van der Waals surface area contributed by atoms with Crippen molar-refractivity contribution in [1.29, 1.82) is 0 Å². The van der Waals surface area contributed by atoms with Crippen LogP contribution in [0.2, 0.25) is 0 Å². The summed E-state index contributed by atoms with van der Waals surface area (Å²) in [6.45, 7) is 1.05. The lowest BCUT2D eigenvalue weighted by molar-refractivity contribution is -0.122. The highest BCUT2D eigenvalue weighted by Crippen LogP contribution is 1.84. The maximum atomic E-state index is 10.5. The summed E-state index contributed by atoms with van der Waals surface area (Å²) in [6.07, 6.45) is 0. The number of aliphatic hydroxyl groups excluding tert-OH is 1. The van der Waals surface area contributed by atoms with Gasteiger partial charge < -0.3 is 15.7 Å². The van der Waals surface area contributed by atoms with E-state index in [0.29, 0.717) is 13.1 Å². The quantitative estimate of drug-likeness (QED) is 0.444. The number of carbonyl (C=O) groups excluding carboxylic acids is 1. The molecule has 60 valence electrons. The van der Waals surface area contributed by atoms with Crippen LogP contribution < -0.4 is 10.6 Å². The van der Waals surface area contributed by atoms with Crippen molar-refractivity contribution in [3.8, 4) is 0 Å². The molecule has 1 fully saturated rings. The van der Waals surface area contributed by atoms with Crippen LogP contribution in [0.3, 0.4) is 0 Å². The molecule has 1 amide bonds. The van der Waals surface area contributed by atoms with E-state index in [4.69, 9.17) is 5.11 Å². The van der Waals surface area contributed by atoms with E-state index in [1.165, 1.54) is 0 Å². The van der Waals surface area contributed by atoms with Crippen LogP contribution in [0.4, 0.5) is 0 Å². The summed E-state index contributed by atoms with van der Waals surface area (Å²) in [6, 6.07) is -0.0914. The highest BCUT2D eigenvalue weighted by Gasteiger charge is 2.15. The Hall–Kier alpha value is -0.320. The molecular formula is C5H11ClN2O2. The van der Waals surface area contributed by atoms with Gasteiger partial charge in [0.2, 0.25) is 5.91 Å². The Kier molecular flexibility index (Phi) is 4.34. The molecule has 0 aromatic carbocycles. The Labute approximate surface area is 65.4 Å². The van der Waals surface area contributed by atoms with Crippen LogP contribution in [0.15, 0.2) is 0 Å². The average molecular weight is 167 g/mol. The van der Waals surface area contributed by atoms with Crippen molar-refractivity contribution in [1.82, 2.24) is 10.6 Å². The first-order valence-electron chi connectivity index (χ1n) is 2.94. The molecule has 0 aromatic rings. The van der Waals surface area contributed by atoms with Crippen LogP contribution >= 0.6 is 12.4 Å². The van der Waals surface area contributed by atoms with Crippen LogP contribution in [-0.4, -0.2) is 36.8 Å². The molecule has 10 heavy (non-hydrogen) atoms. The third-order valence-electron chi connectivity index (χ3n) is 1.26. The summed E-state index contributed by atoms with van der Waals surface area (Å²) in [4.78, 5) is 10.5. The zero-order valence-corrected chi connectivity index (χ0v) is 6.28. The van der Waals surface area contributed by atoms with E-state index in [1.54, 1.807) is 0 Å². The van der Waals surface area contributed by atoms with E-state index >= 15 is 0 Å². The minimum Gasteiger partial charge on any atom is -0.394 e. The molecule has 3 N–H and O–H groups in total. The van der Waals surface area contributed by atoms with Gasteiger partial charge >= 0.3 is 0 Å². The summed E-state index contributed by atoms with van der Waals surface area (Å²) >= 11 is 0. The Morgan fingerprint density at radius 1 is 1.70 bits per heavy atom. The molecular weight excluding hydrogens is 156 g/mol. The lowest BCUT2D eigenvalue weighted by Gasteiger charge is -2.21. The molecule has 0 saturated carbocycles. The molecule has 1 aliphatic heterocycles. The number of amides is 1. The summed E-state index contributed by atoms with van der Waals surface area (Å²) in [5, 5.41) is 14.0. The van der Waals surface area contributed by atoms with Gasteiger partial charge in [0.25, 0.3) is 0 Å². The molecule has 0 aromatic heterocycles. The first-order chi connectivity index (χ1) is 4.33. The van der Waals surface area contributed by atoms with Crippen LogP contribution in [0.1, 0.15) is 0 Å². The monoisotopic (exact) mass is 166 g/mol. The summed E-state index contributed by atoms with van der Waals surface area (Å²) < 4.78 is 0. The fraction of sp³-hybridized carbons (Fsp3) is 0.800. The molecule has 1 rings (SSSR count). The van der Waals surface area contributed by atoms with Gasteiger partial charge in [-0.25, -0.2) is 0 Å². The molecule has 4 nitrogen and oxygen atoms in total. The third-order valence-corrected chi connectivity index (χ3v) is 1.26. The molecule has 1 saturated heterocycles. The fourth-order valence-electron chi connectivity index (χ4n) is 0.800. The predicted octanol–water partition coefficient (Wildman–Crippen LogP) is -1.51. The molecule has 1 atom stereocenters. The molecule has 0 bridgehead atoms. The van der Waals surface area contributed by atoms with Gasteiger partial charge in [-0.15, -0.1) is 12.4 Å². The number of aliphatic hydroxyl groups is 1. The van der Waals surface area contributed by atoms with E-state index in [9.17, 15) is 4.79 Å². The largest absolute Gasteiger partial charge is 0.394 e. The number of nitrogens with one attached hydrogen (secondary N) is 2. The minimum atomic E-state index is -0.0914. The number of hydrogen-bond donors (Lipinski definition) is 3. The number of rotatable bonds is 1. The second-order valence-electron chi connectivity index (χ2n) is 2.08. The van der Waals surface area contributed by atoms with Crippen molar-refractivity contribution in [3.63, 3.8) is 0 Å². The Balaban J connectivity index is 0.000000810. The smallest absolute Gasteiger partial charge is 0.234 e.